The fraction of sp³-hybridized carbons (Fsp3) is 0.400. The topological polar surface area (TPSA) is 55.9 Å². The number of aromatic nitrogens is 1. The first-order valence-electron chi connectivity index (χ1n) is 11.3. The number of ether oxygens (including phenoxy) is 3. The van der Waals surface area contributed by atoms with E-state index in [-0.39, 0.29) is 11.6 Å². The maximum Gasteiger partial charge on any atom is 0.231 e. The first kappa shape index (κ1) is 19.9. The van der Waals surface area contributed by atoms with Crippen LogP contribution in [-0.2, 0) is 5.54 Å². The highest BCUT2D eigenvalue weighted by Crippen LogP contribution is 2.51. The van der Waals surface area contributed by atoms with Gasteiger partial charge in [0.25, 0.3) is 0 Å². The average Bonchev–Trinajstić information content (AvgIpc) is 3.24. The number of fused-ring (bicyclic) bond motifs is 1. The zero-order valence-electron chi connectivity index (χ0n) is 18.2. The van der Waals surface area contributed by atoms with Crippen molar-refractivity contribution in [3.63, 3.8) is 0 Å². The Hall–Kier alpha value is -2.77. The Labute approximate surface area is 192 Å². The van der Waals surface area contributed by atoms with E-state index in [9.17, 15) is 0 Å². The minimum absolute atomic E-state index is 0.0562. The monoisotopic (exact) mass is 449 g/mol. The van der Waals surface area contributed by atoms with Crippen LogP contribution in [0.3, 0.4) is 0 Å². The lowest BCUT2D eigenvalue weighted by Crippen LogP contribution is -2.25. The van der Waals surface area contributed by atoms with Gasteiger partial charge in [-0.25, -0.2) is 4.98 Å². The van der Waals surface area contributed by atoms with Crippen molar-refractivity contribution < 1.29 is 14.2 Å². The van der Waals surface area contributed by atoms with Crippen LogP contribution in [0.5, 0.6) is 17.2 Å². The maximum absolute atomic E-state index is 5.59. The second-order valence-corrected chi connectivity index (χ2v) is 9.82. The lowest BCUT2D eigenvalue weighted by molar-refractivity contribution is 0.174. The molecule has 1 saturated carbocycles. The van der Waals surface area contributed by atoms with Gasteiger partial charge in [0.05, 0.1) is 18.7 Å². The highest BCUT2D eigenvalue weighted by atomic mass is 32.1. The molecular weight excluding hydrogens is 422 g/mol. The van der Waals surface area contributed by atoms with E-state index < -0.39 is 0 Å². The van der Waals surface area contributed by atoms with Gasteiger partial charge in [-0.05, 0) is 74.2 Å². The third kappa shape index (κ3) is 3.59. The van der Waals surface area contributed by atoms with E-state index >= 15 is 0 Å². The number of nitrogens with zero attached hydrogens (tertiary/aromatic N) is 2. The van der Waals surface area contributed by atoms with Gasteiger partial charge in [-0.2, -0.15) is 0 Å². The molecule has 2 aliphatic heterocycles. The van der Waals surface area contributed by atoms with Crippen molar-refractivity contribution in [1.29, 1.82) is 0 Å². The molecule has 32 heavy (non-hydrogen) atoms. The standard InChI is InChI=1S/C25H27N3O3S/c1-29-19-7-4-17(5-8-19)23(28-12-2-3-13-28)22-15-26-24(32-22)27-25(10-11-25)18-6-9-20-21(14-18)31-16-30-20/h4-9,14-15,23H,2-3,10-13,16H2,1H3,(H,26,27). The number of anilines is 1. The molecule has 0 bridgehead atoms. The third-order valence-corrected chi connectivity index (χ3v) is 7.72. The first-order chi connectivity index (χ1) is 15.7. The molecule has 3 aromatic rings. The molecule has 1 N–H and O–H groups in total. The summed E-state index contributed by atoms with van der Waals surface area (Å²) < 4.78 is 16.4. The molecule has 0 spiro atoms. The van der Waals surface area contributed by atoms with Gasteiger partial charge in [0, 0.05) is 11.1 Å². The number of hydrogen-bond donors (Lipinski definition) is 1. The number of nitrogens with one attached hydrogen (secondary N) is 1. The summed E-state index contributed by atoms with van der Waals surface area (Å²) >= 11 is 1.77. The van der Waals surface area contributed by atoms with Crippen molar-refractivity contribution in [1.82, 2.24) is 9.88 Å². The summed E-state index contributed by atoms with van der Waals surface area (Å²) in [7, 11) is 1.71. The predicted molar refractivity (Wildman–Crippen MR) is 125 cm³/mol. The molecule has 3 heterocycles. The van der Waals surface area contributed by atoms with Crippen LogP contribution >= 0.6 is 11.3 Å². The van der Waals surface area contributed by atoms with Crippen LogP contribution in [0.25, 0.3) is 0 Å². The molecular formula is C25H27N3O3S. The van der Waals surface area contributed by atoms with Crippen molar-refractivity contribution in [2.24, 2.45) is 0 Å². The Morgan fingerprint density at radius 2 is 1.84 bits per heavy atom. The number of methoxy groups -OCH3 is 1. The van der Waals surface area contributed by atoms with Crippen molar-refractivity contribution in [3.05, 3.63) is 64.7 Å². The van der Waals surface area contributed by atoms with Crippen molar-refractivity contribution in [2.45, 2.75) is 37.3 Å². The molecule has 1 aromatic heterocycles. The summed E-state index contributed by atoms with van der Waals surface area (Å²) in [6.45, 7) is 2.55. The van der Waals surface area contributed by atoms with E-state index in [1.807, 2.05) is 6.07 Å². The van der Waals surface area contributed by atoms with Crippen LogP contribution in [0.4, 0.5) is 5.13 Å². The van der Waals surface area contributed by atoms with E-state index in [1.165, 1.54) is 28.8 Å². The normalized spacial score (nSPS) is 19.7. The fourth-order valence-corrected chi connectivity index (χ4v) is 5.90. The smallest absolute Gasteiger partial charge is 0.231 e. The van der Waals surface area contributed by atoms with Gasteiger partial charge in [-0.3, -0.25) is 4.90 Å². The van der Waals surface area contributed by atoms with Crippen LogP contribution in [-0.4, -0.2) is 36.9 Å². The average molecular weight is 450 g/mol. The van der Waals surface area contributed by atoms with Crippen LogP contribution in [0.15, 0.2) is 48.7 Å². The van der Waals surface area contributed by atoms with Crippen LogP contribution in [0.2, 0.25) is 0 Å². The van der Waals surface area contributed by atoms with Crippen molar-refractivity contribution in [2.75, 3.05) is 32.3 Å². The van der Waals surface area contributed by atoms with Crippen LogP contribution in [0, 0.1) is 0 Å². The minimum Gasteiger partial charge on any atom is -0.497 e. The van der Waals surface area contributed by atoms with Gasteiger partial charge in [0.2, 0.25) is 6.79 Å². The molecule has 7 heteroatoms. The van der Waals surface area contributed by atoms with E-state index in [0.717, 1.165) is 48.3 Å². The van der Waals surface area contributed by atoms with Crippen LogP contribution < -0.4 is 19.5 Å². The zero-order chi connectivity index (χ0) is 21.5. The van der Waals surface area contributed by atoms with E-state index in [0.29, 0.717) is 6.79 Å². The maximum atomic E-state index is 5.59. The summed E-state index contributed by atoms with van der Waals surface area (Å²) in [6, 6.07) is 15.0. The molecule has 1 unspecified atom stereocenters. The van der Waals surface area contributed by atoms with Gasteiger partial charge in [-0.15, -0.1) is 11.3 Å². The molecule has 6 rings (SSSR count). The van der Waals surface area contributed by atoms with E-state index in [1.54, 1.807) is 18.4 Å². The molecule has 3 aliphatic rings. The van der Waals surface area contributed by atoms with Gasteiger partial charge in [-0.1, -0.05) is 18.2 Å². The Morgan fingerprint density at radius 3 is 2.59 bits per heavy atom. The summed E-state index contributed by atoms with van der Waals surface area (Å²) in [5.74, 6) is 2.55. The second kappa shape index (κ2) is 7.98. The van der Waals surface area contributed by atoms with Crippen molar-refractivity contribution in [3.8, 4) is 17.2 Å². The lowest BCUT2D eigenvalue weighted by atomic mass is 10.0. The fourth-order valence-electron chi connectivity index (χ4n) is 4.82. The van der Waals surface area contributed by atoms with E-state index in [2.05, 4.69) is 52.8 Å². The Kier molecular flexibility index (Phi) is 4.96. The SMILES string of the molecule is COc1ccc(C(c2cnc(NC3(c4ccc5c(c4)OCO5)CC3)s2)N2CCCC2)cc1. The highest BCUT2D eigenvalue weighted by Gasteiger charge is 2.45. The summed E-state index contributed by atoms with van der Waals surface area (Å²) in [5.41, 5.74) is 2.48. The summed E-state index contributed by atoms with van der Waals surface area (Å²) in [6.07, 6.45) is 6.74. The summed E-state index contributed by atoms with van der Waals surface area (Å²) in [5, 5.41) is 4.72. The molecule has 166 valence electrons. The number of benzene rings is 2. The predicted octanol–water partition coefficient (Wildman–Crippen LogP) is 5.17. The lowest BCUT2D eigenvalue weighted by Gasteiger charge is -2.27. The van der Waals surface area contributed by atoms with Crippen LogP contribution in [0.1, 0.15) is 47.7 Å². The molecule has 2 fully saturated rings. The third-order valence-electron chi connectivity index (χ3n) is 6.75. The van der Waals surface area contributed by atoms with E-state index in [4.69, 9.17) is 19.2 Å². The number of rotatable bonds is 7. The number of thiazole rings is 1. The second-order valence-electron chi connectivity index (χ2n) is 8.76. The molecule has 0 radical (unpaired) electrons. The van der Waals surface area contributed by atoms with Gasteiger partial charge in [0.15, 0.2) is 16.6 Å². The highest BCUT2D eigenvalue weighted by molar-refractivity contribution is 7.15. The first-order valence-corrected chi connectivity index (χ1v) is 12.1. The molecule has 1 aliphatic carbocycles. The molecule has 2 aromatic carbocycles. The Balaban J connectivity index is 1.26. The zero-order valence-corrected chi connectivity index (χ0v) is 19.0. The van der Waals surface area contributed by atoms with Gasteiger partial charge < -0.3 is 19.5 Å². The molecule has 1 saturated heterocycles. The Bertz CT molecular complexity index is 1100. The molecule has 0 amide bonds. The number of likely N-dealkylation sites (tertiary alicyclic amines) is 1. The van der Waals surface area contributed by atoms with Gasteiger partial charge >= 0.3 is 0 Å². The minimum atomic E-state index is -0.0562. The molecule has 1 atom stereocenters. The summed E-state index contributed by atoms with van der Waals surface area (Å²) in [4.78, 5) is 8.64. The molecule has 6 nitrogen and oxygen atoms in total. The quantitative estimate of drug-likeness (QED) is 0.537. The van der Waals surface area contributed by atoms with Gasteiger partial charge in [0.1, 0.15) is 5.75 Å². The number of hydrogen-bond acceptors (Lipinski definition) is 7. The van der Waals surface area contributed by atoms with Crippen molar-refractivity contribution >= 4 is 16.5 Å². The Morgan fingerprint density at radius 1 is 1.06 bits per heavy atom. The largest absolute Gasteiger partial charge is 0.497 e.